The van der Waals surface area contributed by atoms with Crippen molar-refractivity contribution in [2.75, 3.05) is 18.6 Å². The number of anilines is 1. The van der Waals surface area contributed by atoms with Gasteiger partial charge >= 0.3 is 5.97 Å². The van der Waals surface area contributed by atoms with Crippen molar-refractivity contribution in [2.45, 2.75) is 13.3 Å². The fourth-order valence-corrected chi connectivity index (χ4v) is 3.64. The molecule has 0 fully saturated rings. The SMILES string of the molecule is COC(=O)c1ccc2c(c1)CCN2C(=O)c1cc2cc(Cl)ccc2nc1C. The molecule has 0 unspecified atom stereocenters. The first kappa shape index (κ1) is 17.5. The van der Waals surface area contributed by atoms with E-state index >= 15 is 0 Å². The number of methoxy groups -OCH3 is 1. The highest BCUT2D eigenvalue weighted by atomic mass is 35.5. The van der Waals surface area contributed by atoms with Crippen molar-refractivity contribution in [2.24, 2.45) is 0 Å². The van der Waals surface area contributed by atoms with Gasteiger partial charge in [0.1, 0.15) is 0 Å². The zero-order valence-corrected chi connectivity index (χ0v) is 15.7. The lowest BCUT2D eigenvalue weighted by molar-refractivity contribution is 0.0600. The second-order valence-corrected chi connectivity index (χ2v) is 6.94. The second-order valence-electron chi connectivity index (χ2n) is 6.50. The van der Waals surface area contributed by atoms with Crippen LogP contribution in [0.2, 0.25) is 5.02 Å². The Morgan fingerprint density at radius 3 is 2.74 bits per heavy atom. The van der Waals surface area contributed by atoms with E-state index in [1.807, 2.05) is 19.1 Å². The third-order valence-electron chi connectivity index (χ3n) is 4.84. The van der Waals surface area contributed by atoms with Crippen LogP contribution in [0.5, 0.6) is 0 Å². The minimum Gasteiger partial charge on any atom is -0.465 e. The lowest BCUT2D eigenvalue weighted by Gasteiger charge is -2.19. The van der Waals surface area contributed by atoms with Gasteiger partial charge in [-0.25, -0.2) is 4.79 Å². The lowest BCUT2D eigenvalue weighted by atomic mass is 10.1. The molecule has 1 amide bonds. The standard InChI is InChI=1S/C21H17ClN2O3/c1-12-17(11-15-10-16(22)4-5-18(15)23-12)20(25)24-8-7-13-9-14(21(26)27-2)3-6-19(13)24/h3-6,9-11H,7-8H2,1-2H3. The van der Waals surface area contributed by atoms with Gasteiger partial charge in [0.05, 0.1) is 29.4 Å². The number of hydrogen-bond acceptors (Lipinski definition) is 4. The van der Waals surface area contributed by atoms with Gasteiger partial charge in [0.2, 0.25) is 0 Å². The molecule has 136 valence electrons. The van der Waals surface area contributed by atoms with Gasteiger partial charge < -0.3 is 9.64 Å². The molecule has 0 saturated heterocycles. The van der Waals surface area contributed by atoms with E-state index in [0.29, 0.717) is 34.8 Å². The molecule has 4 rings (SSSR count). The molecule has 1 aromatic heterocycles. The molecule has 0 N–H and O–H groups in total. The van der Waals surface area contributed by atoms with Crippen molar-refractivity contribution in [1.29, 1.82) is 0 Å². The van der Waals surface area contributed by atoms with Crippen LogP contribution < -0.4 is 4.90 Å². The van der Waals surface area contributed by atoms with E-state index in [2.05, 4.69) is 4.98 Å². The molecule has 5 nitrogen and oxygen atoms in total. The minimum absolute atomic E-state index is 0.105. The summed E-state index contributed by atoms with van der Waals surface area (Å²) >= 11 is 6.08. The summed E-state index contributed by atoms with van der Waals surface area (Å²) in [5.74, 6) is -0.486. The number of aryl methyl sites for hydroxylation is 1. The number of benzene rings is 2. The minimum atomic E-state index is -0.381. The van der Waals surface area contributed by atoms with E-state index < -0.39 is 0 Å². The summed E-state index contributed by atoms with van der Waals surface area (Å²) in [7, 11) is 1.35. The van der Waals surface area contributed by atoms with Crippen molar-refractivity contribution < 1.29 is 14.3 Å². The molecule has 27 heavy (non-hydrogen) atoms. The summed E-state index contributed by atoms with van der Waals surface area (Å²) < 4.78 is 4.77. The lowest BCUT2D eigenvalue weighted by Crippen LogP contribution is -2.29. The van der Waals surface area contributed by atoms with E-state index in [1.54, 1.807) is 35.2 Å². The van der Waals surface area contributed by atoms with Crippen molar-refractivity contribution >= 4 is 40.1 Å². The molecule has 3 aromatic rings. The third-order valence-corrected chi connectivity index (χ3v) is 5.07. The highest BCUT2D eigenvalue weighted by Gasteiger charge is 2.28. The number of ether oxygens (including phenoxy) is 1. The van der Waals surface area contributed by atoms with Gasteiger partial charge in [-0.15, -0.1) is 0 Å². The van der Waals surface area contributed by atoms with Gasteiger partial charge in [0.25, 0.3) is 5.91 Å². The van der Waals surface area contributed by atoms with Crippen LogP contribution in [0.1, 0.15) is 32.0 Å². The maximum atomic E-state index is 13.2. The van der Waals surface area contributed by atoms with Crippen molar-refractivity contribution in [3.05, 3.63) is 69.9 Å². The number of halogens is 1. The van der Waals surface area contributed by atoms with Crippen LogP contribution in [0.15, 0.2) is 42.5 Å². The van der Waals surface area contributed by atoms with Gasteiger partial charge in [-0.3, -0.25) is 9.78 Å². The third kappa shape index (κ3) is 3.04. The molecule has 0 radical (unpaired) electrons. The number of hydrogen-bond donors (Lipinski definition) is 0. The maximum absolute atomic E-state index is 13.2. The molecule has 0 spiro atoms. The Labute approximate surface area is 161 Å². The molecule has 2 aromatic carbocycles. The first-order chi connectivity index (χ1) is 13.0. The van der Waals surface area contributed by atoms with Crippen LogP contribution in [0.4, 0.5) is 5.69 Å². The van der Waals surface area contributed by atoms with Crippen LogP contribution in [0.25, 0.3) is 10.9 Å². The largest absolute Gasteiger partial charge is 0.465 e. The van der Waals surface area contributed by atoms with E-state index in [4.69, 9.17) is 16.3 Å². The Morgan fingerprint density at radius 2 is 1.96 bits per heavy atom. The van der Waals surface area contributed by atoms with Gasteiger partial charge in [0, 0.05) is 22.6 Å². The molecule has 0 saturated carbocycles. The van der Waals surface area contributed by atoms with Crippen LogP contribution in [-0.2, 0) is 11.2 Å². The van der Waals surface area contributed by atoms with E-state index in [9.17, 15) is 9.59 Å². The Kier molecular flexibility index (Phi) is 4.32. The zero-order chi connectivity index (χ0) is 19.1. The van der Waals surface area contributed by atoms with E-state index in [0.717, 1.165) is 22.2 Å². The first-order valence-electron chi connectivity index (χ1n) is 8.58. The van der Waals surface area contributed by atoms with Crippen LogP contribution in [0, 0.1) is 6.92 Å². The molecular formula is C21H17ClN2O3. The Morgan fingerprint density at radius 1 is 1.15 bits per heavy atom. The highest BCUT2D eigenvalue weighted by Crippen LogP contribution is 2.31. The number of fused-ring (bicyclic) bond motifs is 2. The summed E-state index contributed by atoms with van der Waals surface area (Å²) in [6.45, 7) is 2.39. The predicted octanol–water partition coefficient (Wildman–Crippen LogP) is 4.19. The Bertz CT molecular complexity index is 1090. The van der Waals surface area contributed by atoms with E-state index in [-0.39, 0.29) is 11.9 Å². The summed E-state index contributed by atoms with van der Waals surface area (Å²) in [4.78, 5) is 31.2. The van der Waals surface area contributed by atoms with Gasteiger partial charge in [-0.2, -0.15) is 0 Å². The molecular weight excluding hydrogens is 364 g/mol. The fourth-order valence-electron chi connectivity index (χ4n) is 3.46. The number of esters is 1. The van der Waals surface area contributed by atoms with Crippen molar-refractivity contribution in [3.8, 4) is 0 Å². The second kappa shape index (κ2) is 6.67. The normalized spacial score (nSPS) is 12.9. The first-order valence-corrected chi connectivity index (χ1v) is 8.96. The van der Waals surface area contributed by atoms with Gasteiger partial charge in [-0.05, 0) is 61.4 Å². The highest BCUT2D eigenvalue weighted by molar-refractivity contribution is 6.31. The fraction of sp³-hybridized carbons (Fsp3) is 0.190. The van der Waals surface area contributed by atoms with Crippen molar-refractivity contribution in [3.63, 3.8) is 0 Å². The molecule has 2 heterocycles. The molecule has 0 atom stereocenters. The van der Waals surface area contributed by atoms with Crippen molar-refractivity contribution in [1.82, 2.24) is 4.98 Å². The number of nitrogens with zero attached hydrogens (tertiary/aromatic N) is 2. The number of rotatable bonds is 2. The monoisotopic (exact) mass is 380 g/mol. The number of carbonyl (C=O) groups is 2. The zero-order valence-electron chi connectivity index (χ0n) is 15.0. The summed E-state index contributed by atoms with van der Waals surface area (Å²) in [6.07, 6.45) is 0.692. The van der Waals surface area contributed by atoms with Gasteiger partial charge in [0.15, 0.2) is 0 Å². The number of amides is 1. The van der Waals surface area contributed by atoms with E-state index in [1.165, 1.54) is 7.11 Å². The molecule has 6 heteroatoms. The Balaban J connectivity index is 1.72. The van der Waals surface area contributed by atoms with Crippen LogP contribution in [-0.4, -0.2) is 30.5 Å². The Hall–Kier alpha value is -2.92. The quantitative estimate of drug-likeness (QED) is 0.625. The molecule has 0 aliphatic carbocycles. The average Bonchev–Trinajstić information content (AvgIpc) is 3.09. The summed E-state index contributed by atoms with van der Waals surface area (Å²) in [6, 6.07) is 12.5. The molecule has 1 aliphatic rings. The van der Waals surface area contributed by atoms with Crippen LogP contribution in [0.3, 0.4) is 0 Å². The number of pyridine rings is 1. The average molecular weight is 381 g/mol. The summed E-state index contributed by atoms with van der Waals surface area (Å²) in [5.41, 5.74) is 4.30. The summed E-state index contributed by atoms with van der Waals surface area (Å²) in [5, 5.41) is 1.44. The topological polar surface area (TPSA) is 59.5 Å². The molecule has 0 bridgehead atoms. The smallest absolute Gasteiger partial charge is 0.337 e. The number of carbonyl (C=O) groups excluding carboxylic acids is 2. The maximum Gasteiger partial charge on any atom is 0.337 e. The van der Waals surface area contributed by atoms with Crippen LogP contribution >= 0.6 is 11.6 Å². The molecule has 1 aliphatic heterocycles. The number of aromatic nitrogens is 1. The van der Waals surface area contributed by atoms with Gasteiger partial charge in [-0.1, -0.05) is 11.6 Å². The predicted molar refractivity (Wildman–Crippen MR) is 105 cm³/mol.